The predicted octanol–water partition coefficient (Wildman–Crippen LogP) is 3.91. The van der Waals surface area contributed by atoms with E-state index in [0.717, 1.165) is 5.92 Å². The Kier molecular flexibility index (Phi) is 7.17. The van der Waals surface area contributed by atoms with E-state index < -0.39 is 0 Å². The monoisotopic (exact) mass is 196 g/mol. The van der Waals surface area contributed by atoms with Crippen LogP contribution in [-0.4, -0.2) is 9.78 Å². The van der Waals surface area contributed by atoms with Crippen LogP contribution in [0.25, 0.3) is 0 Å². The van der Waals surface area contributed by atoms with Crippen molar-refractivity contribution in [2.45, 2.75) is 53.5 Å². The summed E-state index contributed by atoms with van der Waals surface area (Å²) in [5.41, 5.74) is 0. The van der Waals surface area contributed by atoms with Gasteiger partial charge in [0.2, 0.25) is 0 Å². The Labute approximate surface area is 88.3 Å². The number of hydrogen-bond donors (Lipinski definition) is 0. The highest BCUT2D eigenvalue weighted by atomic mass is 15.3. The van der Waals surface area contributed by atoms with E-state index in [9.17, 15) is 0 Å². The predicted molar refractivity (Wildman–Crippen MR) is 62.4 cm³/mol. The van der Waals surface area contributed by atoms with Gasteiger partial charge in [-0.2, -0.15) is 5.10 Å². The molecule has 0 amide bonds. The largest absolute Gasteiger partial charge is 0.270 e. The van der Waals surface area contributed by atoms with Gasteiger partial charge >= 0.3 is 0 Å². The van der Waals surface area contributed by atoms with Gasteiger partial charge < -0.3 is 0 Å². The zero-order valence-electron chi connectivity index (χ0n) is 10.2. The van der Waals surface area contributed by atoms with Gasteiger partial charge in [0, 0.05) is 12.4 Å². The fourth-order valence-electron chi connectivity index (χ4n) is 1.50. The number of aromatic nitrogens is 2. The molecule has 0 spiro atoms. The molecule has 0 N–H and O–H groups in total. The van der Waals surface area contributed by atoms with Crippen LogP contribution in [0.3, 0.4) is 0 Å². The van der Waals surface area contributed by atoms with Crippen LogP contribution in [0.1, 0.15) is 53.5 Å². The van der Waals surface area contributed by atoms with Crippen molar-refractivity contribution in [2.75, 3.05) is 0 Å². The van der Waals surface area contributed by atoms with Crippen molar-refractivity contribution in [1.29, 1.82) is 0 Å². The molecule has 0 bridgehead atoms. The first-order valence-corrected chi connectivity index (χ1v) is 5.73. The summed E-state index contributed by atoms with van der Waals surface area (Å²) in [6, 6.07) is 2.57. The minimum Gasteiger partial charge on any atom is -0.270 e. The molecule has 0 aromatic carbocycles. The van der Waals surface area contributed by atoms with E-state index in [1.165, 1.54) is 12.8 Å². The van der Waals surface area contributed by atoms with Crippen molar-refractivity contribution in [3.63, 3.8) is 0 Å². The molecule has 1 heterocycles. The van der Waals surface area contributed by atoms with E-state index in [2.05, 4.69) is 36.7 Å². The van der Waals surface area contributed by atoms with Crippen molar-refractivity contribution in [3.8, 4) is 0 Å². The van der Waals surface area contributed by atoms with Crippen molar-refractivity contribution in [2.24, 2.45) is 5.92 Å². The van der Waals surface area contributed by atoms with Crippen LogP contribution in [0.4, 0.5) is 0 Å². The lowest BCUT2D eigenvalue weighted by atomic mass is 10.0. The quantitative estimate of drug-likeness (QED) is 0.714. The minimum atomic E-state index is 0.583. The standard InChI is InChI=1S/C10H18N2.C2H6/c1-4-10(8-9(2)3)12-7-5-6-11-12;1-2/h5-7,9-10H,4,8H2,1-3H3;1-2H3. The normalized spacial score (nSPS) is 12.1. The Morgan fingerprint density at radius 1 is 1.29 bits per heavy atom. The third-order valence-electron chi connectivity index (χ3n) is 2.11. The number of hydrogen-bond acceptors (Lipinski definition) is 1. The van der Waals surface area contributed by atoms with Crippen molar-refractivity contribution >= 4 is 0 Å². The first-order chi connectivity index (χ1) is 6.74. The molecule has 82 valence electrons. The molecule has 0 aliphatic heterocycles. The molecule has 0 saturated carbocycles. The lowest BCUT2D eigenvalue weighted by Crippen LogP contribution is -2.11. The van der Waals surface area contributed by atoms with E-state index in [4.69, 9.17) is 0 Å². The second-order valence-corrected chi connectivity index (χ2v) is 3.68. The van der Waals surface area contributed by atoms with Crippen LogP contribution in [0.15, 0.2) is 18.5 Å². The van der Waals surface area contributed by atoms with Crippen LogP contribution in [0.5, 0.6) is 0 Å². The number of rotatable bonds is 4. The third kappa shape index (κ3) is 4.45. The van der Waals surface area contributed by atoms with Gasteiger partial charge in [-0.3, -0.25) is 4.68 Å². The second kappa shape index (κ2) is 7.60. The Balaban J connectivity index is 0.000000791. The summed E-state index contributed by atoms with van der Waals surface area (Å²) in [6.45, 7) is 10.7. The third-order valence-corrected chi connectivity index (χ3v) is 2.11. The van der Waals surface area contributed by atoms with Gasteiger partial charge in [-0.15, -0.1) is 0 Å². The topological polar surface area (TPSA) is 17.8 Å². The molecule has 1 aromatic rings. The molecule has 0 fully saturated rings. The lowest BCUT2D eigenvalue weighted by Gasteiger charge is -2.17. The molecule has 1 atom stereocenters. The molecular weight excluding hydrogens is 172 g/mol. The zero-order chi connectivity index (χ0) is 11.0. The van der Waals surface area contributed by atoms with Crippen molar-refractivity contribution in [1.82, 2.24) is 9.78 Å². The molecule has 1 aromatic heterocycles. The smallest absolute Gasteiger partial charge is 0.0519 e. The van der Waals surface area contributed by atoms with Gasteiger partial charge in [0.15, 0.2) is 0 Å². The summed E-state index contributed by atoms with van der Waals surface area (Å²) in [4.78, 5) is 0. The minimum absolute atomic E-state index is 0.583. The first-order valence-electron chi connectivity index (χ1n) is 5.73. The molecule has 1 rings (SSSR count). The summed E-state index contributed by atoms with van der Waals surface area (Å²) in [6.07, 6.45) is 6.29. The molecule has 0 aliphatic carbocycles. The highest BCUT2D eigenvalue weighted by molar-refractivity contribution is 4.81. The van der Waals surface area contributed by atoms with Crippen molar-refractivity contribution in [3.05, 3.63) is 18.5 Å². The highest BCUT2D eigenvalue weighted by Crippen LogP contribution is 2.19. The van der Waals surface area contributed by atoms with Gasteiger partial charge in [0.25, 0.3) is 0 Å². The second-order valence-electron chi connectivity index (χ2n) is 3.68. The van der Waals surface area contributed by atoms with E-state index in [1.54, 1.807) is 0 Å². The molecule has 0 aliphatic rings. The average Bonchev–Trinajstić information content (AvgIpc) is 2.70. The van der Waals surface area contributed by atoms with E-state index >= 15 is 0 Å². The van der Waals surface area contributed by atoms with Crippen LogP contribution in [0.2, 0.25) is 0 Å². The van der Waals surface area contributed by atoms with Gasteiger partial charge in [-0.05, 0) is 24.8 Å². The van der Waals surface area contributed by atoms with Gasteiger partial charge in [0.1, 0.15) is 0 Å². The van der Waals surface area contributed by atoms with E-state index in [1.807, 2.05) is 26.1 Å². The zero-order valence-corrected chi connectivity index (χ0v) is 10.2. The Morgan fingerprint density at radius 3 is 2.29 bits per heavy atom. The molecule has 0 saturated heterocycles. The first kappa shape index (κ1) is 13.2. The molecule has 14 heavy (non-hydrogen) atoms. The highest BCUT2D eigenvalue weighted by Gasteiger charge is 2.09. The van der Waals surface area contributed by atoms with Crippen molar-refractivity contribution < 1.29 is 0 Å². The fourth-order valence-corrected chi connectivity index (χ4v) is 1.50. The van der Waals surface area contributed by atoms with Crippen LogP contribution in [-0.2, 0) is 0 Å². The average molecular weight is 196 g/mol. The molecule has 0 radical (unpaired) electrons. The van der Waals surface area contributed by atoms with Gasteiger partial charge in [-0.25, -0.2) is 0 Å². The lowest BCUT2D eigenvalue weighted by molar-refractivity contribution is 0.362. The van der Waals surface area contributed by atoms with Crippen LogP contribution >= 0.6 is 0 Å². The summed E-state index contributed by atoms with van der Waals surface area (Å²) in [7, 11) is 0. The van der Waals surface area contributed by atoms with Crippen LogP contribution < -0.4 is 0 Å². The van der Waals surface area contributed by atoms with Gasteiger partial charge in [0.05, 0.1) is 6.04 Å². The SMILES string of the molecule is CC.CCC(CC(C)C)n1cccn1. The fraction of sp³-hybridized carbons (Fsp3) is 0.750. The Morgan fingerprint density at radius 2 is 1.93 bits per heavy atom. The molecule has 1 unspecified atom stereocenters. The maximum absolute atomic E-state index is 4.26. The summed E-state index contributed by atoms with van der Waals surface area (Å²) >= 11 is 0. The molecule has 2 nitrogen and oxygen atoms in total. The van der Waals surface area contributed by atoms with Gasteiger partial charge in [-0.1, -0.05) is 34.6 Å². The van der Waals surface area contributed by atoms with E-state index in [0.29, 0.717) is 6.04 Å². The van der Waals surface area contributed by atoms with Crippen LogP contribution in [0, 0.1) is 5.92 Å². The summed E-state index contributed by atoms with van der Waals surface area (Å²) in [5.74, 6) is 0.749. The molecule has 2 heteroatoms. The number of nitrogens with zero attached hydrogens (tertiary/aromatic N) is 2. The Bertz CT molecular complexity index is 202. The Hall–Kier alpha value is -0.790. The maximum Gasteiger partial charge on any atom is 0.0519 e. The summed E-state index contributed by atoms with van der Waals surface area (Å²) < 4.78 is 2.07. The molecular formula is C12H24N2. The van der Waals surface area contributed by atoms with E-state index in [-0.39, 0.29) is 0 Å². The summed E-state index contributed by atoms with van der Waals surface area (Å²) in [5, 5.41) is 4.26. The maximum atomic E-state index is 4.26.